The van der Waals surface area contributed by atoms with Gasteiger partial charge in [0.1, 0.15) is 0 Å². The van der Waals surface area contributed by atoms with E-state index < -0.39 is 6.10 Å². The molecule has 2 atom stereocenters. The number of amides is 1. The number of carbonyl (C=O) groups is 1. The number of aliphatic hydroxyl groups excluding tert-OH is 1. The van der Waals surface area contributed by atoms with Crippen molar-refractivity contribution in [1.82, 2.24) is 15.1 Å². The molecule has 0 unspecified atom stereocenters. The minimum atomic E-state index is -0.538. The van der Waals surface area contributed by atoms with Gasteiger partial charge in [-0.2, -0.15) is 5.10 Å². The fourth-order valence-electron chi connectivity index (χ4n) is 2.87. The predicted octanol–water partition coefficient (Wildman–Crippen LogP) is 2.05. The summed E-state index contributed by atoms with van der Waals surface area (Å²) in [4.78, 5) is 14.2. The van der Waals surface area contributed by atoms with Crippen LogP contribution in [-0.4, -0.2) is 45.3 Å². The van der Waals surface area contributed by atoms with E-state index in [0.29, 0.717) is 30.1 Å². The van der Waals surface area contributed by atoms with E-state index in [1.54, 1.807) is 29.2 Å². The van der Waals surface area contributed by atoms with Crippen LogP contribution >= 0.6 is 11.6 Å². The summed E-state index contributed by atoms with van der Waals surface area (Å²) in [7, 11) is 0. The Labute approximate surface area is 133 Å². The van der Waals surface area contributed by atoms with Crippen LogP contribution in [0.1, 0.15) is 21.7 Å². The molecule has 1 fully saturated rings. The molecule has 0 bridgehead atoms. The summed E-state index contributed by atoms with van der Waals surface area (Å²) in [5, 5.41) is 17.8. The highest BCUT2D eigenvalue weighted by atomic mass is 35.5. The predicted molar refractivity (Wildman–Crippen MR) is 83.9 cm³/mol. The second kappa shape index (κ2) is 6.10. The number of likely N-dealkylation sites (tertiary alicyclic amines) is 1. The van der Waals surface area contributed by atoms with Gasteiger partial charge in [0.15, 0.2) is 0 Å². The molecule has 1 aliphatic heterocycles. The molecule has 1 aromatic carbocycles. The van der Waals surface area contributed by atoms with E-state index in [-0.39, 0.29) is 11.8 Å². The van der Waals surface area contributed by atoms with Crippen molar-refractivity contribution in [3.8, 4) is 0 Å². The number of aliphatic hydroxyl groups is 1. The number of hydrogen-bond donors (Lipinski definition) is 2. The Morgan fingerprint density at radius 2 is 2.23 bits per heavy atom. The van der Waals surface area contributed by atoms with Crippen LogP contribution in [0.25, 0.3) is 0 Å². The first-order chi connectivity index (χ1) is 10.5. The van der Waals surface area contributed by atoms with Crippen molar-refractivity contribution in [2.45, 2.75) is 19.4 Å². The van der Waals surface area contributed by atoms with E-state index in [1.807, 2.05) is 13.0 Å². The Hall–Kier alpha value is -1.85. The molecule has 1 aromatic heterocycles. The second-order valence-corrected chi connectivity index (χ2v) is 6.17. The molecule has 1 amide bonds. The third-order valence-electron chi connectivity index (χ3n) is 4.03. The Morgan fingerprint density at radius 3 is 2.91 bits per heavy atom. The number of aryl methyl sites for hydroxylation is 1. The van der Waals surface area contributed by atoms with Gasteiger partial charge in [-0.15, -0.1) is 0 Å². The van der Waals surface area contributed by atoms with Gasteiger partial charge in [0.05, 0.1) is 22.4 Å². The van der Waals surface area contributed by atoms with Crippen LogP contribution in [0.2, 0.25) is 5.02 Å². The first-order valence-electron chi connectivity index (χ1n) is 7.27. The molecular formula is C16H18ClN3O2. The van der Waals surface area contributed by atoms with Crippen molar-refractivity contribution in [3.05, 3.63) is 52.3 Å². The lowest BCUT2D eigenvalue weighted by Gasteiger charge is -2.16. The summed E-state index contributed by atoms with van der Waals surface area (Å²) in [6, 6.07) is 8.95. The number of aromatic amines is 1. The van der Waals surface area contributed by atoms with Crippen LogP contribution in [0, 0.1) is 12.8 Å². The van der Waals surface area contributed by atoms with Crippen LogP contribution < -0.4 is 0 Å². The number of benzene rings is 1. The molecule has 22 heavy (non-hydrogen) atoms. The molecule has 0 saturated carbocycles. The fourth-order valence-corrected chi connectivity index (χ4v) is 3.09. The van der Waals surface area contributed by atoms with E-state index >= 15 is 0 Å². The van der Waals surface area contributed by atoms with Crippen molar-refractivity contribution in [2.24, 2.45) is 5.92 Å². The third kappa shape index (κ3) is 3.00. The van der Waals surface area contributed by atoms with E-state index in [9.17, 15) is 9.90 Å². The molecule has 0 aliphatic carbocycles. The zero-order chi connectivity index (χ0) is 15.7. The Balaban J connectivity index is 1.70. The molecule has 116 valence electrons. The molecule has 0 radical (unpaired) electrons. The highest BCUT2D eigenvalue weighted by Gasteiger charge is 2.35. The number of carbonyl (C=O) groups excluding carboxylic acids is 1. The zero-order valence-electron chi connectivity index (χ0n) is 12.3. The highest BCUT2D eigenvalue weighted by molar-refractivity contribution is 6.33. The summed E-state index contributed by atoms with van der Waals surface area (Å²) in [6.07, 6.45) is 0.112. The van der Waals surface area contributed by atoms with Crippen molar-refractivity contribution in [3.63, 3.8) is 0 Å². The Morgan fingerprint density at radius 1 is 1.45 bits per heavy atom. The molecule has 5 nitrogen and oxygen atoms in total. The van der Waals surface area contributed by atoms with Gasteiger partial charge in [0, 0.05) is 24.7 Å². The van der Waals surface area contributed by atoms with E-state index in [4.69, 9.17) is 11.6 Å². The summed E-state index contributed by atoms with van der Waals surface area (Å²) >= 11 is 6.08. The Bertz CT molecular complexity index is 686. The third-order valence-corrected chi connectivity index (χ3v) is 4.36. The largest absolute Gasteiger partial charge is 0.391 e. The van der Waals surface area contributed by atoms with Crippen LogP contribution in [0.3, 0.4) is 0 Å². The maximum absolute atomic E-state index is 12.5. The molecule has 1 saturated heterocycles. The number of H-pyrrole nitrogens is 1. The average molecular weight is 320 g/mol. The molecule has 2 N–H and O–H groups in total. The van der Waals surface area contributed by atoms with Gasteiger partial charge in [0.25, 0.3) is 5.91 Å². The van der Waals surface area contributed by atoms with Crippen molar-refractivity contribution in [2.75, 3.05) is 13.1 Å². The maximum Gasteiger partial charge on any atom is 0.255 e. The number of aromatic nitrogens is 2. The average Bonchev–Trinajstić information content (AvgIpc) is 3.06. The van der Waals surface area contributed by atoms with Gasteiger partial charge in [-0.1, -0.05) is 23.7 Å². The molecule has 3 rings (SSSR count). The van der Waals surface area contributed by atoms with E-state index in [1.165, 1.54) is 0 Å². The summed E-state index contributed by atoms with van der Waals surface area (Å²) < 4.78 is 0. The van der Waals surface area contributed by atoms with E-state index in [0.717, 1.165) is 11.4 Å². The number of rotatable bonds is 3. The standard InChI is InChI=1S/C16H18ClN3O2/c1-10-6-12(19-18-10)7-11-8-20(9-15(11)21)16(22)13-4-2-3-5-14(13)17/h2-6,11,15,21H,7-9H2,1H3,(H,18,19)/t11-,15+/m1/s1. The van der Waals surface area contributed by atoms with Gasteiger partial charge in [-0.05, 0) is 31.5 Å². The zero-order valence-corrected chi connectivity index (χ0v) is 13.0. The number of halogens is 1. The van der Waals surface area contributed by atoms with Gasteiger partial charge in [-0.25, -0.2) is 0 Å². The topological polar surface area (TPSA) is 69.2 Å². The summed E-state index contributed by atoms with van der Waals surface area (Å²) in [5.74, 6) is -0.139. The number of hydrogen-bond acceptors (Lipinski definition) is 3. The normalized spacial score (nSPS) is 21.3. The molecule has 0 spiro atoms. The van der Waals surface area contributed by atoms with Crippen LogP contribution in [-0.2, 0) is 6.42 Å². The van der Waals surface area contributed by atoms with Crippen molar-refractivity contribution < 1.29 is 9.90 Å². The number of β-amino-alcohol motifs (C(OH)–C–C–N with tert-alkyl or cyclic N) is 1. The van der Waals surface area contributed by atoms with Gasteiger partial charge >= 0.3 is 0 Å². The smallest absolute Gasteiger partial charge is 0.255 e. The molecule has 6 heteroatoms. The Kier molecular flexibility index (Phi) is 4.18. The number of nitrogens with zero attached hydrogens (tertiary/aromatic N) is 2. The lowest BCUT2D eigenvalue weighted by atomic mass is 10.0. The van der Waals surface area contributed by atoms with Gasteiger partial charge < -0.3 is 10.0 Å². The molecule has 2 aromatic rings. The quantitative estimate of drug-likeness (QED) is 0.909. The monoisotopic (exact) mass is 319 g/mol. The fraction of sp³-hybridized carbons (Fsp3) is 0.375. The van der Waals surface area contributed by atoms with Gasteiger partial charge in [0.2, 0.25) is 0 Å². The molecule has 2 heterocycles. The van der Waals surface area contributed by atoms with Crippen LogP contribution in [0.4, 0.5) is 0 Å². The first-order valence-corrected chi connectivity index (χ1v) is 7.65. The maximum atomic E-state index is 12.5. The number of nitrogens with one attached hydrogen (secondary N) is 1. The SMILES string of the molecule is Cc1cc(C[C@@H]2CN(C(=O)c3ccccc3Cl)C[C@@H]2O)n[nH]1. The van der Waals surface area contributed by atoms with Crippen LogP contribution in [0.5, 0.6) is 0 Å². The lowest BCUT2D eigenvalue weighted by molar-refractivity contribution is 0.0765. The summed E-state index contributed by atoms with van der Waals surface area (Å²) in [6.45, 7) is 2.78. The molecular weight excluding hydrogens is 302 g/mol. The van der Waals surface area contributed by atoms with Crippen molar-refractivity contribution >= 4 is 17.5 Å². The molecule has 1 aliphatic rings. The lowest BCUT2D eigenvalue weighted by Crippen LogP contribution is -2.29. The van der Waals surface area contributed by atoms with E-state index in [2.05, 4.69) is 10.2 Å². The second-order valence-electron chi connectivity index (χ2n) is 5.76. The summed E-state index contributed by atoms with van der Waals surface area (Å²) in [5.41, 5.74) is 2.38. The van der Waals surface area contributed by atoms with Crippen LogP contribution in [0.15, 0.2) is 30.3 Å². The highest BCUT2D eigenvalue weighted by Crippen LogP contribution is 2.25. The van der Waals surface area contributed by atoms with Gasteiger partial charge in [-0.3, -0.25) is 9.89 Å². The van der Waals surface area contributed by atoms with Crippen molar-refractivity contribution in [1.29, 1.82) is 0 Å². The minimum absolute atomic E-state index is 0.00543. The minimum Gasteiger partial charge on any atom is -0.391 e. The first kappa shape index (κ1) is 15.1.